The van der Waals surface area contributed by atoms with E-state index in [4.69, 9.17) is 4.74 Å². The van der Waals surface area contributed by atoms with Gasteiger partial charge in [-0.05, 0) is 13.3 Å². The summed E-state index contributed by atoms with van der Waals surface area (Å²) >= 11 is 0. The summed E-state index contributed by atoms with van der Waals surface area (Å²) in [6, 6.07) is 0.185. The molecule has 4 heteroatoms. The fourth-order valence-electron chi connectivity index (χ4n) is 2.16. The molecule has 1 N–H and O–H groups in total. The molecule has 2 aliphatic rings. The Morgan fingerprint density at radius 3 is 2.85 bits per heavy atom. The maximum Gasteiger partial charge on any atom is 0.225 e. The molecule has 0 aromatic carbocycles. The van der Waals surface area contributed by atoms with Crippen LogP contribution in [0.4, 0.5) is 0 Å². The number of carbonyl (C=O) groups excluding carboxylic acids is 1. The van der Waals surface area contributed by atoms with Gasteiger partial charge in [-0.3, -0.25) is 4.79 Å². The van der Waals surface area contributed by atoms with Gasteiger partial charge in [-0.1, -0.05) is 0 Å². The first kappa shape index (κ1) is 8.97. The topological polar surface area (TPSA) is 49.8 Å². The van der Waals surface area contributed by atoms with Crippen molar-refractivity contribution in [1.29, 1.82) is 0 Å². The van der Waals surface area contributed by atoms with Gasteiger partial charge in [0.2, 0.25) is 5.91 Å². The number of aliphatic hydroxyl groups excluding tert-OH is 1. The van der Waals surface area contributed by atoms with Crippen LogP contribution >= 0.6 is 0 Å². The van der Waals surface area contributed by atoms with Crippen molar-refractivity contribution < 1.29 is 14.6 Å². The van der Waals surface area contributed by atoms with Crippen LogP contribution < -0.4 is 0 Å². The summed E-state index contributed by atoms with van der Waals surface area (Å²) in [5, 5.41) is 9.31. The number of hydrogen-bond acceptors (Lipinski definition) is 3. The SMILES string of the molecule is CC1OCCC1N1CC(O)CC1=O. The molecule has 4 nitrogen and oxygen atoms in total. The van der Waals surface area contributed by atoms with Gasteiger partial charge in [0.1, 0.15) is 0 Å². The lowest BCUT2D eigenvalue weighted by molar-refractivity contribution is -0.130. The molecule has 0 aliphatic carbocycles. The van der Waals surface area contributed by atoms with Gasteiger partial charge in [0.25, 0.3) is 0 Å². The number of ether oxygens (including phenoxy) is 1. The van der Waals surface area contributed by atoms with E-state index in [1.54, 1.807) is 4.90 Å². The van der Waals surface area contributed by atoms with Gasteiger partial charge in [-0.2, -0.15) is 0 Å². The van der Waals surface area contributed by atoms with Gasteiger partial charge in [-0.25, -0.2) is 0 Å². The van der Waals surface area contributed by atoms with Crippen LogP contribution in [-0.4, -0.2) is 47.3 Å². The standard InChI is InChI=1S/C9H15NO3/c1-6-8(2-3-13-6)10-5-7(11)4-9(10)12/h6-8,11H,2-5H2,1H3. The lowest BCUT2D eigenvalue weighted by Crippen LogP contribution is -2.41. The molecule has 2 aliphatic heterocycles. The Labute approximate surface area is 77.5 Å². The molecule has 13 heavy (non-hydrogen) atoms. The molecule has 0 aromatic rings. The molecule has 2 heterocycles. The molecular weight excluding hydrogens is 170 g/mol. The molecule has 3 atom stereocenters. The highest BCUT2D eigenvalue weighted by atomic mass is 16.5. The summed E-state index contributed by atoms with van der Waals surface area (Å²) in [6.07, 6.45) is 0.831. The Kier molecular flexibility index (Phi) is 2.26. The van der Waals surface area contributed by atoms with Crippen molar-refractivity contribution in [2.75, 3.05) is 13.2 Å². The Hall–Kier alpha value is -0.610. The van der Waals surface area contributed by atoms with Gasteiger partial charge in [-0.15, -0.1) is 0 Å². The average molecular weight is 185 g/mol. The monoisotopic (exact) mass is 185 g/mol. The predicted molar refractivity (Wildman–Crippen MR) is 46.2 cm³/mol. The van der Waals surface area contributed by atoms with E-state index in [1.807, 2.05) is 6.92 Å². The van der Waals surface area contributed by atoms with Crippen LogP contribution in [0.15, 0.2) is 0 Å². The van der Waals surface area contributed by atoms with E-state index < -0.39 is 6.10 Å². The largest absolute Gasteiger partial charge is 0.391 e. The first-order valence-corrected chi connectivity index (χ1v) is 4.77. The molecule has 0 bridgehead atoms. The van der Waals surface area contributed by atoms with E-state index in [1.165, 1.54) is 0 Å². The minimum atomic E-state index is -0.472. The lowest BCUT2D eigenvalue weighted by Gasteiger charge is -2.26. The third-order valence-corrected chi connectivity index (χ3v) is 2.87. The minimum Gasteiger partial charge on any atom is -0.391 e. The number of aliphatic hydroxyl groups is 1. The van der Waals surface area contributed by atoms with Crippen molar-refractivity contribution in [1.82, 2.24) is 4.90 Å². The van der Waals surface area contributed by atoms with Crippen LogP contribution in [0.25, 0.3) is 0 Å². The molecule has 0 spiro atoms. The second kappa shape index (κ2) is 3.27. The Bertz CT molecular complexity index is 219. The normalized spacial score (nSPS) is 40.3. The van der Waals surface area contributed by atoms with Crippen molar-refractivity contribution in [3.8, 4) is 0 Å². The number of carbonyl (C=O) groups is 1. The van der Waals surface area contributed by atoms with E-state index in [-0.39, 0.29) is 24.5 Å². The van der Waals surface area contributed by atoms with Crippen molar-refractivity contribution in [2.45, 2.75) is 38.0 Å². The van der Waals surface area contributed by atoms with Gasteiger partial charge >= 0.3 is 0 Å². The van der Waals surface area contributed by atoms with Crippen molar-refractivity contribution >= 4 is 5.91 Å². The minimum absolute atomic E-state index is 0.0647. The van der Waals surface area contributed by atoms with Gasteiger partial charge in [0.15, 0.2) is 0 Å². The van der Waals surface area contributed by atoms with Crippen LogP contribution in [0.1, 0.15) is 19.8 Å². The number of β-amino-alcohol motifs (C(OH)–C–C–N with tert-alkyl or cyclic N) is 1. The first-order valence-electron chi connectivity index (χ1n) is 4.77. The Morgan fingerprint density at radius 2 is 2.38 bits per heavy atom. The maximum atomic E-state index is 11.4. The zero-order valence-corrected chi connectivity index (χ0v) is 7.77. The highest BCUT2D eigenvalue weighted by Gasteiger charge is 2.38. The van der Waals surface area contributed by atoms with Crippen LogP contribution in [-0.2, 0) is 9.53 Å². The fourth-order valence-corrected chi connectivity index (χ4v) is 2.16. The average Bonchev–Trinajstić information content (AvgIpc) is 2.58. The zero-order valence-electron chi connectivity index (χ0n) is 7.77. The maximum absolute atomic E-state index is 11.4. The number of likely N-dealkylation sites (tertiary alicyclic amines) is 1. The van der Waals surface area contributed by atoms with Crippen molar-refractivity contribution in [3.63, 3.8) is 0 Å². The molecule has 2 rings (SSSR count). The molecule has 74 valence electrons. The molecule has 0 radical (unpaired) electrons. The summed E-state index contributed by atoms with van der Waals surface area (Å²) in [6.45, 7) is 3.19. The Morgan fingerprint density at radius 1 is 1.62 bits per heavy atom. The Balaban J connectivity index is 2.04. The third kappa shape index (κ3) is 1.56. The molecule has 0 saturated carbocycles. The van der Waals surface area contributed by atoms with E-state index >= 15 is 0 Å². The first-order chi connectivity index (χ1) is 6.18. The van der Waals surface area contributed by atoms with Crippen LogP contribution in [0.3, 0.4) is 0 Å². The van der Waals surface area contributed by atoms with Crippen LogP contribution in [0, 0.1) is 0 Å². The van der Waals surface area contributed by atoms with E-state index in [0.717, 1.165) is 13.0 Å². The van der Waals surface area contributed by atoms with Gasteiger partial charge in [0.05, 0.1) is 24.7 Å². The summed E-state index contributed by atoms with van der Waals surface area (Å²) in [5.41, 5.74) is 0. The van der Waals surface area contributed by atoms with Crippen molar-refractivity contribution in [2.24, 2.45) is 0 Å². The number of rotatable bonds is 1. The second-order valence-electron chi connectivity index (χ2n) is 3.84. The quantitative estimate of drug-likeness (QED) is 0.613. The zero-order chi connectivity index (χ0) is 9.42. The van der Waals surface area contributed by atoms with Gasteiger partial charge < -0.3 is 14.7 Å². The molecule has 2 saturated heterocycles. The number of hydrogen-bond donors (Lipinski definition) is 1. The summed E-state index contributed by atoms with van der Waals surface area (Å²) < 4.78 is 5.39. The van der Waals surface area contributed by atoms with E-state index in [9.17, 15) is 9.90 Å². The smallest absolute Gasteiger partial charge is 0.225 e. The molecule has 2 fully saturated rings. The third-order valence-electron chi connectivity index (χ3n) is 2.87. The molecule has 0 aromatic heterocycles. The number of amides is 1. The molecule has 3 unspecified atom stereocenters. The van der Waals surface area contributed by atoms with Gasteiger partial charge in [0, 0.05) is 13.2 Å². The van der Waals surface area contributed by atoms with Crippen molar-refractivity contribution in [3.05, 3.63) is 0 Å². The summed E-state index contributed by atoms with van der Waals surface area (Å²) in [4.78, 5) is 13.2. The summed E-state index contributed by atoms with van der Waals surface area (Å²) in [7, 11) is 0. The molecule has 1 amide bonds. The fraction of sp³-hybridized carbons (Fsp3) is 0.889. The number of nitrogens with zero attached hydrogens (tertiary/aromatic N) is 1. The van der Waals surface area contributed by atoms with E-state index in [2.05, 4.69) is 0 Å². The van der Waals surface area contributed by atoms with Crippen LogP contribution in [0.2, 0.25) is 0 Å². The predicted octanol–water partition coefficient (Wildman–Crippen LogP) is -0.243. The molecular formula is C9H15NO3. The summed E-state index contributed by atoms with van der Waals surface area (Å²) in [5.74, 6) is 0.0647. The highest BCUT2D eigenvalue weighted by molar-refractivity contribution is 5.79. The second-order valence-corrected chi connectivity index (χ2v) is 3.84. The van der Waals surface area contributed by atoms with E-state index in [0.29, 0.717) is 6.54 Å². The highest BCUT2D eigenvalue weighted by Crippen LogP contribution is 2.24. The van der Waals surface area contributed by atoms with Crippen LogP contribution in [0.5, 0.6) is 0 Å². The lowest BCUT2D eigenvalue weighted by atomic mass is 10.1.